The Bertz CT molecular complexity index is 555. The van der Waals surface area contributed by atoms with Gasteiger partial charge in [0, 0.05) is 48.9 Å². The number of nitrogens with zero attached hydrogens (tertiary/aromatic N) is 1. The van der Waals surface area contributed by atoms with Crippen molar-refractivity contribution in [1.82, 2.24) is 10.2 Å². The Hall–Kier alpha value is -0.410. The number of methoxy groups -OCH3 is 1. The van der Waals surface area contributed by atoms with Crippen LogP contribution < -0.4 is 5.32 Å². The monoisotopic (exact) mass is 518 g/mol. The fourth-order valence-electron chi connectivity index (χ4n) is 3.97. The molecule has 6 nitrogen and oxygen atoms in total. The number of nitrogens with one attached hydrogen (secondary N) is 1. The zero-order valence-electron chi connectivity index (χ0n) is 22.4. The Morgan fingerprint density at radius 3 is 2.44 bits per heavy atom. The molecule has 0 bridgehead atoms. The highest BCUT2D eigenvalue weighted by Crippen LogP contribution is 2.37. The third kappa shape index (κ3) is 16.3. The second kappa shape index (κ2) is 19.7. The molecule has 0 saturated heterocycles. The van der Waals surface area contributed by atoms with E-state index in [4.69, 9.17) is 14.2 Å². The van der Waals surface area contributed by atoms with Crippen LogP contribution in [0.5, 0.6) is 0 Å². The zero-order valence-corrected chi connectivity index (χ0v) is 24.0. The van der Waals surface area contributed by atoms with Gasteiger partial charge in [-0.1, -0.05) is 53.9 Å². The fourth-order valence-corrected chi connectivity index (χ4v) is 6.56. The summed E-state index contributed by atoms with van der Waals surface area (Å²) in [6, 6.07) is 0.416. The van der Waals surface area contributed by atoms with Gasteiger partial charge in [0.2, 0.25) is 5.91 Å². The molecular formula is C26H50N2O4S2. The third-order valence-corrected chi connectivity index (χ3v) is 9.13. The summed E-state index contributed by atoms with van der Waals surface area (Å²) in [6.45, 7) is 13.9. The maximum atomic E-state index is 12.2. The van der Waals surface area contributed by atoms with Crippen molar-refractivity contribution < 1.29 is 19.0 Å². The van der Waals surface area contributed by atoms with Gasteiger partial charge in [0.15, 0.2) is 0 Å². The highest BCUT2D eigenvalue weighted by atomic mass is 33.1. The van der Waals surface area contributed by atoms with E-state index < -0.39 is 0 Å². The SMILES string of the molecule is CC/C=C(\C)N(CCOCCOCCOC)CC(C)(C)SSCCCC(=O)NC1CCCCC1. The van der Waals surface area contributed by atoms with Crippen LogP contribution in [0.15, 0.2) is 11.8 Å². The lowest BCUT2D eigenvalue weighted by molar-refractivity contribution is -0.122. The minimum Gasteiger partial charge on any atom is -0.382 e. The first-order valence-corrected chi connectivity index (χ1v) is 15.4. The lowest BCUT2D eigenvalue weighted by atomic mass is 9.95. The number of carbonyl (C=O) groups excluding carboxylic acids is 1. The number of rotatable bonds is 20. The van der Waals surface area contributed by atoms with Gasteiger partial charge in [-0.25, -0.2) is 0 Å². The second-order valence-corrected chi connectivity index (χ2v) is 12.7. The van der Waals surface area contributed by atoms with E-state index in [9.17, 15) is 4.79 Å². The van der Waals surface area contributed by atoms with Crippen molar-refractivity contribution in [1.29, 1.82) is 0 Å². The van der Waals surface area contributed by atoms with Crippen LogP contribution in [-0.2, 0) is 19.0 Å². The Labute approximate surface area is 217 Å². The van der Waals surface area contributed by atoms with Gasteiger partial charge in [0.05, 0.1) is 33.0 Å². The summed E-state index contributed by atoms with van der Waals surface area (Å²) in [6.07, 6.45) is 11.0. The van der Waals surface area contributed by atoms with E-state index in [0.717, 1.165) is 44.5 Å². The molecular weight excluding hydrogens is 468 g/mol. The molecule has 1 fully saturated rings. The molecule has 1 rings (SSSR count). The summed E-state index contributed by atoms with van der Waals surface area (Å²) in [5, 5.41) is 3.22. The Morgan fingerprint density at radius 1 is 1.09 bits per heavy atom. The van der Waals surface area contributed by atoms with Gasteiger partial charge < -0.3 is 24.4 Å². The standard InChI is InChI=1S/C26H50N2O4S2/c1-6-11-23(2)28(15-16-31-19-20-32-18-17-30-5)22-26(3,4)34-33-21-10-14-25(29)27-24-12-8-7-9-13-24/h11,24H,6-10,12-22H2,1-5H3,(H,27,29)/b23-11+. The maximum absolute atomic E-state index is 12.2. The Morgan fingerprint density at radius 2 is 1.76 bits per heavy atom. The van der Waals surface area contributed by atoms with Crippen molar-refractivity contribution in [2.45, 2.75) is 89.9 Å². The molecule has 0 radical (unpaired) electrons. The van der Waals surface area contributed by atoms with Crippen molar-refractivity contribution >= 4 is 27.5 Å². The zero-order chi connectivity index (χ0) is 25.1. The quantitative estimate of drug-likeness (QED) is 0.165. The van der Waals surface area contributed by atoms with Gasteiger partial charge in [-0.15, -0.1) is 0 Å². The van der Waals surface area contributed by atoms with Crippen LogP contribution in [0.2, 0.25) is 0 Å². The van der Waals surface area contributed by atoms with Gasteiger partial charge in [-0.2, -0.15) is 0 Å². The molecule has 1 aliphatic carbocycles. The van der Waals surface area contributed by atoms with Crippen molar-refractivity contribution in [3.63, 3.8) is 0 Å². The lowest BCUT2D eigenvalue weighted by Gasteiger charge is -2.34. The molecule has 0 atom stereocenters. The molecule has 0 unspecified atom stereocenters. The van der Waals surface area contributed by atoms with Crippen molar-refractivity contribution in [3.05, 3.63) is 11.8 Å². The van der Waals surface area contributed by atoms with Crippen LogP contribution in [0.4, 0.5) is 0 Å². The number of ether oxygens (including phenoxy) is 3. The fraction of sp³-hybridized carbons (Fsp3) is 0.885. The van der Waals surface area contributed by atoms with Crippen LogP contribution in [0.25, 0.3) is 0 Å². The molecule has 34 heavy (non-hydrogen) atoms. The van der Waals surface area contributed by atoms with E-state index in [1.165, 1.54) is 25.0 Å². The topological polar surface area (TPSA) is 60.0 Å². The van der Waals surface area contributed by atoms with Crippen molar-refractivity contribution in [2.24, 2.45) is 0 Å². The molecule has 0 aromatic carbocycles. The summed E-state index contributed by atoms with van der Waals surface area (Å²) in [4.78, 5) is 14.6. The van der Waals surface area contributed by atoms with Gasteiger partial charge in [0.25, 0.3) is 0 Å². The number of amides is 1. The molecule has 1 amide bonds. The van der Waals surface area contributed by atoms with E-state index >= 15 is 0 Å². The Kier molecular flexibility index (Phi) is 18.4. The number of allylic oxidation sites excluding steroid dienone is 2. The largest absolute Gasteiger partial charge is 0.382 e. The molecule has 1 N–H and O–H groups in total. The van der Waals surface area contributed by atoms with Gasteiger partial charge in [-0.05, 0) is 46.5 Å². The van der Waals surface area contributed by atoms with E-state index in [1.807, 2.05) is 21.6 Å². The summed E-state index contributed by atoms with van der Waals surface area (Å²) >= 11 is 0. The Balaban J connectivity index is 2.27. The smallest absolute Gasteiger partial charge is 0.220 e. The first-order valence-electron chi connectivity index (χ1n) is 13.0. The van der Waals surface area contributed by atoms with Gasteiger partial charge in [-0.3, -0.25) is 4.79 Å². The second-order valence-electron chi connectivity index (χ2n) is 9.56. The average Bonchev–Trinajstić information content (AvgIpc) is 2.80. The van der Waals surface area contributed by atoms with Crippen LogP contribution in [-0.4, -0.2) is 80.6 Å². The van der Waals surface area contributed by atoms with Crippen LogP contribution >= 0.6 is 21.6 Å². The average molecular weight is 519 g/mol. The van der Waals surface area contributed by atoms with Crippen LogP contribution in [0.1, 0.15) is 79.1 Å². The van der Waals surface area contributed by atoms with E-state index in [2.05, 4.69) is 44.0 Å². The molecule has 0 aliphatic heterocycles. The predicted molar refractivity (Wildman–Crippen MR) is 148 cm³/mol. The summed E-state index contributed by atoms with van der Waals surface area (Å²) < 4.78 is 16.3. The molecule has 0 aromatic rings. The maximum Gasteiger partial charge on any atom is 0.220 e. The van der Waals surface area contributed by atoms with Crippen LogP contribution in [0, 0.1) is 0 Å². The number of hydrogen-bond acceptors (Lipinski definition) is 7. The third-order valence-electron chi connectivity index (χ3n) is 5.77. The molecule has 1 saturated carbocycles. The number of hydrogen-bond donors (Lipinski definition) is 1. The highest BCUT2D eigenvalue weighted by molar-refractivity contribution is 8.77. The van der Waals surface area contributed by atoms with E-state index in [-0.39, 0.29) is 10.7 Å². The van der Waals surface area contributed by atoms with Gasteiger partial charge in [0.1, 0.15) is 0 Å². The summed E-state index contributed by atoms with van der Waals surface area (Å²) in [5.41, 5.74) is 1.31. The first kappa shape index (κ1) is 31.6. The normalized spacial score (nSPS) is 15.5. The molecule has 200 valence electrons. The number of carbonyl (C=O) groups is 1. The summed E-state index contributed by atoms with van der Waals surface area (Å²) in [7, 11) is 5.49. The van der Waals surface area contributed by atoms with Crippen LogP contribution in [0.3, 0.4) is 0 Å². The minimum atomic E-state index is 0.0983. The van der Waals surface area contributed by atoms with E-state index in [1.54, 1.807) is 7.11 Å². The molecule has 0 aromatic heterocycles. The van der Waals surface area contributed by atoms with Gasteiger partial charge >= 0.3 is 0 Å². The lowest BCUT2D eigenvalue weighted by Crippen LogP contribution is -2.37. The molecule has 8 heteroatoms. The predicted octanol–water partition coefficient (Wildman–Crippen LogP) is 5.67. The van der Waals surface area contributed by atoms with Crippen molar-refractivity contribution in [2.75, 3.05) is 59.0 Å². The first-order chi connectivity index (χ1) is 16.4. The molecule has 1 aliphatic rings. The molecule has 0 spiro atoms. The highest BCUT2D eigenvalue weighted by Gasteiger charge is 2.23. The minimum absolute atomic E-state index is 0.0983. The van der Waals surface area contributed by atoms with E-state index in [0.29, 0.717) is 45.5 Å². The van der Waals surface area contributed by atoms with Crippen molar-refractivity contribution in [3.8, 4) is 0 Å². The summed E-state index contributed by atoms with van der Waals surface area (Å²) in [5.74, 6) is 1.23. The molecule has 0 heterocycles.